The monoisotopic (exact) mass is 159 g/mol. The summed E-state index contributed by atoms with van der Waals surface area (Å²) in [6, 6.07) is 0. The van der Waals surface area contributed by atoms with Gasteiger partial charge in [-0.1, -0.05) is 0 Å². The largest absolute Gasteiger partial charge is 0.466 e. The number of hydrogen-bond donors (Lipinski definition) is 1. The Hall–Kier alpha value is -1.03. The highest BCUT2D eigenvalue weighted by molar-refractivity contribution is 5.82. The van der Waals surface area contributed by atoms with E-state index in [1.54, 1.807) is 7.11 Å². The molecule has 4 nitrogen and oxygen atoms in total. The van der Waals surface area contributed by atoms with Crippen LogP contribution in [0.5, 0.6) is 0 Å². The van der Waals surface area contributed by atoms with Gasteiger partial charge in [0.1, 0.15) is 0 Å². The van der Waals surface area contributed by atoms with Crippen molar-refractivity contribution in [1.82, 2.24) is 0 Å². The normalized spacial score (nSPS) is 11.3. The third-order valence-electron chi connectivity index (χ3n) is 1.10. The van der Waals surface area contributed by atoms with Crippen LogP contribution < -0.4 is 5.73 Å². The van der Waals surface area contributed by atoms with Gasteiger partial charge in [-0.25, -0.2) is 4.79 Å². The van der Waals surface area contributed by atoms with Crippen molar-refractivity contribution < 1.29 is 14.3 Å². The van der Waals surface area contributed by atoms with Gasteiger partial charge in [-0.05, 0) is 0 Å². The molecule has 0 rings (SSSR count). The molecule has 0 aliphatic rings. The molecule has 0 radical (unpaired) electrons. The van der Waals surface area contributed by atoms with E-state index < -0.39 is 5.97 Å². The zero-order valence-electron chi connectivity index (χ0n) is 6.79. The number of esters is 1. The highest BCUT2D eigenvalue weighted by atomic mass is 16.5. The molecule has 0 fully saturated rings. The van der Waals surface area contributed by atoms with Crippen LogP contribution in [0.1, 0.15) is 6.42 Å². The molecule has 0 aromatic heterocycles. The van der Waals surface area contributed by atoms with E-state index in [0.717, 1.165) is 0 Å². The Kier molecular flexibility index (Phi) is 5.20. The summed E-state index contributed by atoms with van der Waals surface area (Å²) in [6.07, 6.45) is 1.80. The van der Waals surface area contributed by atoms with Crippen molar-refractivity contribution in [2.45, 2.75) is 6.42 Å². The van der Waals surface area contributed by atoms with Gasteiger partial charge in [-0.3, -0.25) is 0 Å². The van der Waals surface area contributed by atoms with Crippen molar-refractivity contribution in [2.24, 2.45) is 5.73 Å². The van der Waals surface area contributed by atoms with Gasteiger partial charge < -0.3 is 15.2 Å². The molecule has 0 spiro atoms. The van der Waals surface area contributed by atoms with Crippen LogP contribution in [0.4, 0.5) is 0 Å². The van der Waals surface area contributed by atoms with Gasteiger partial charge in [-0.15, -0.1) is 0 Å². The molecule has 0 aromatic carbocycles. The summed E-state index contributed by atoms with van der Waals surface area (Å²) >= 11 is 0. The van der Waals surface area contributed by atoms with Crippen molar-refractivity contribution in [2.75, 3.05) is 20.8 Å². The van der Waals surface area contributed by atoms with E-state index in [9.17, 15) is 4.79 Å². The fourth-order valence-corrected chi connectivity index (χ4v) is 0.502. The highest BCUT2D eigenvalue weighted by Crippen LogP contribution is 1.92. The SMILES string of the molecule is COCC/C(N)=C/C(=O)OC. The zero-order chi connectivity index (χ0) is 8.69. The zero-order valence-corrected chi connectivity index (χ0v) is 6.79. The van der Waals surface area contributed by atoms with Crippen LogP contribution in [0.25, 0.3) is 0 Å². The minimum atomic E-state index is -0.432. The number of methoxy groups -OCH3 is 2. The smallest absolute Gasteiger partial charge is 0.332 e. The molecule has 0 aliphatic heterocycles. The first-order chi connectivity index (χ1) is 5.20. The van der Waals surface area contributed by atoms with Gasteiger partial charge in [-0.2, -0.15) is 0 Å². The van der Waals surface area contributed by atoms with Crippen LogP contribution in [-0.2, 0) is 14.3 Å². The van der Waals surface area contributed by atoms with Crippen LogP contribution in [0.3, 0.4) is 0 Å². The molecular weight excluding hydrogens is 146 g/mol. The number of hydrogen-bond acceptors (Lipinski definition) is 4. The van der Waals surface area contributed by atoms with E-state index >= 15 is 0 Å². The van der Waals surface area contributed by atoms with Gasteiger partial charge in [0.15, 0.2) is 0 Å². The number of ether oxygens (including phenoxy) is 2. The minimum Gasteiger partial charge on any atom is -0.466 e. The fraction of sp³-hybridized carbons (Fsp3) is 0.571. The van der Waals surface area contributed by atoms with Crippen LogP contribution in [-0.4, -0.2) is 26.8 Å². The average molecular weight is 159 g/mol. The maximum Gasteiger partial charge on any atom is 0.332 e. The highest BCUT2D eigenvalue weighted by Gasteiger charge is 1.96. The van der Waals surface area contributed by atoms with Gasteiger partial charge in [0, 0.05) is 25.3 Å². The topological polar surface area (TPSA) is 61.5 Å². The summed E-state index contributed by atoms with van der Waals surface area (Å²) in [5.41, 5.74) is 5.89. The molecule has 0 bridgehead atoms. The first-order valence-electron chi connectivity index (χ1n) is 3.23. The van der Waals surface area contributed by atoms with E-state index in [1.807, 2.05) is 0 Å². The second-order valence-electron chi connectivity index (χ2n) is 1.99. The number of carbonyl (C=O) groups is 1. The summed E-state index contributed by atoms with van der Waals surface area (Å²) < 4.78 is 9.12. The molecule has 11 heavy (non-hydrogen) atoms. The van der Waals surface area contributed by atoms with E-state index in [2.05, 4.69) is 4.74 Å². The second-order valence-corrected chi connectivity index (χ2v) is 1.99. The Labute approximate surface area is 66.0 Å². The van der Waals surface area contributed by atoms with Gasteiger partial charge in [0.2, 0.25) is 0 Å². The third kappa shape index (κ3) is 5.42. The Morgan fingerprint density at radius 1 is 1.55 bits per heavy atom. The molecule has 0 saturated heterocycles. The summed E-state index contributed by atoms with van der Waals surface area (Å²) in [5.74, 6) is -0.432. The van der Waals surface area contributed by atoms with Gasteiger partial charge in [0.25, 0.3) is 0 Å². The summed E-state index contributed by atoms with van der Waals surface area (Å²) in [7, 11) is 2.88. The summed E-state index contributed by atoms with van der Waals surface area (Å²) in [5, 5.41) is 0. The lowest BCUT2D eigenvalue weighted by atomic mass is 10.3. The van der Waals surface area contributed by atoms with Crippen LogP contribution in [0.2, 0.25) is 0 Å². The molecular formula is C7H13NO3. The Morgan fingerprint density at radius 3 is 2.64 bits per heavy atom. The standard InChI is InChI=1S/C7H13NO3/c1-10-4-3-6(8)5-7(9)11-2/h5H,3-4,8H2,1-2H3/b6-5-. The molecule has 0 aromatic rings. The van der Waals surface area contributed by atoms with E-state index in [1.165, 1.54) is 13.2 Å². The molecule has 0 saturated carbocycles. The lowest BCUT2D eigenvalue weighted by Gasteiger charge is -1.98. The molecule has 0 unspecified atom stereocenters. The number of carbonyl (C=O) groups excluding carboxylic acids is 1. The molecule has 4 heteroatoms. The lowest BCUT2D eigenvalue weighted by molar-refractivity contribution is -0.134. The summed E-state index contributed by atoms with van der Waals surface area (Å²) in [4.78, 5) is 10.6. The van der Waals surface area contributed by atoms with E-state index in [4.69, 9.17) is 10.5 Å². The number of rotatable bonds is 4. The summed E-state index contributed by atoms with van der Waals surface area (Å²) in [6.45, 7) is 0.513. The molecule has 64 valence electrons. The Morgan fingerprint density at radius 2 is 2.18 bits per heavy atom. The Balaban J connectivity index is 3.70. The van der Waals surface area contributed by atoms with E-state index in [0.29, 0.717) is 18.7 Å². The maximum atomic E-state index is 10.6. The van der Waals surface area contributed by atoms with Crippen molar-refractivity contribution >= 4 is 5.97 Å². The molecule has 0 amide bonds. The van der Waals surface area contributed by atoms with Crippen LogP contribution in [0.15, 0.2) is 11.8 Å². The molecule has 0 heterocycles. The third-order valence-corrected chi connectivity index (χ3v) is 1.10. The molecule has 0 aliphatic carbocycles. The maximum absolute atomic E-state index is 10.6. The second kappa shape index (κ2) is 5.73. The molecule has 2 N–H and O–H groups in total. The van der Waals surface area contributed by atoms with Crippen molar-refractivity contribution in [1.29, 1.82) is 0 Å². The average Bonchev–Trinajstić information content (AvgIpc) is 2.00. The fourth-order valence-electron chi connectivity index (χ4n) is 0.502. The number of nitrogens with two attached hydrogens (primary N) is 1. The van der Waals surface area contributed by atoms with Gasteiger partial charge in [0.05, 0.1) is 13.7 Å². The lowest BCUT2D eigenvalue weighted by Crippen LogP contribution is -2.06. The Bertz CT molecular complexity index is 154. The van der Waals surface area contributed by atoms with Crippen LogP contribution >= 0.6 is 0 Å². The quantitative estimate of drug-likeness (QED) is 0.464. The predicted molar refractivity (Wildman–Crippen MR) is 40.8 cm³/mol. The van der Waals surface area contributed by atoms with Crippen molar-refractivity contribution in [3.8, 4) is 0 Å². The van der Waals surface area contributed by atoms with Crippen molar-refractivity contribution in [3.05, 3.63) is 11.8 Å². The van der Waals surface area contributed by atoms with Crippen LogP contribution in [0, 0.1) is 0 Å². The van der Waals surface area contributed by atoms with Crippen molar-refractivity contribution in [3.63, 3.8) is 0 Å². The first kappa shape index (κ1) is 9.97. The van der Waals surface area contributed by atoms with E-state index in [-0.39, 0.29) is 0 Å². The van der Waals surface area contributed by atoms with Gasteiger partial charge >= 0.3 is 5.97 Å². The minimum absolute atomic E-state index is 0.432. The molecule has 0 atom stereocenters. The first-order valence-corrected chi connectivity index (χ1v) is 3.23. The predicted octanol–water partition coefficient (Wildman–Crippen LogP) is 0.0385.